The molecule has 1 amide bonds. The highest BCUT2D eigenvalue weighted by atomic mass is 79.9. The van der Waals surface area contributed by atoms with Gasteiger partial charge in [0.25, 0.3) is 0 Å². The molecule has 1 heterocycles. The minimum atomic E-state index is -0.829. The predicted octanol–water partition coefficient (Wildman–Crippen LogP) is 4.79. The number of hydrogen-bond acceptors (Lipinski definition) is 4. The molecule has 1 unspecified atom stereocenters. The van der Waals surface area contributed by atoms with Crippen LogP contribution in [0.4, 0.5) is 5.13 Å². The number of aldehydes is 1. The van der Waals surface area contributed by atoms with Gasteiger partial charge >= 0.3 is 0 Å². The van der Waals surface area contributed by atoms with Gasteiger partial charge in [-0.1, -0.05) is 41.4 Å². The highest BCUT2D eigenvalue weighted by Gasteiger charge is 2.34. The monoisotopic (exact) mass is 420 g/mol. The van der Waals surface area contributed by atoms with Crippen LogP contribution < -0.4 is 5.32 Å². The first-order valence-corrected chi connectivity index (χ1v) is 10.1. The zero-order valence-electron chi connectivity index (χ0n) is 14.3. The van der Waals surface area contributed by atoms with Crippen LogP contribution in [0.1, 0.15) is 44.4 Å². The van der Waals surface area contributed by atoms with Crippen LogP contribution in [0.25, 0.3) is 0 Å². The van der Waals surface area contributed by atoms with Crippen LogP contribution in [0.2, 0.25) is 0 Å². The first kappa shape index (κ1) is 18.3. The van der Waals surface area contributed by atoms with E-state index in [1.54, 1.807) is 0 Å². The molecule has 0 spiro atoms. The smallest absolute Gasteiger partial charge is 0.229 e. The zero-order chi connectivity index (χ0) is 18.0. The Kier molecular flexibility index (Phi) is 5.39. The van der Waals surface area contributed by atoms with Crippen LogP contribution in [0, 0.1) is 11.8 Å². The van der Waals surface area contributed by atoms with Gasteiger partial charge in [-0.2, -0.15) is 0 Å². The lowest BCUT2D eigenvalue weighted by Gasteiger charge is -2.33. The number of carbonyl (C=O) groups is 2. The van der Waals surface area contributed by atoms with E-state index in [4.69, 9.17) is 0 Å². The van der Waals surface area contributed by atoms with Crippen molar-refractivity contribution in [2.75, 3.05) is 5.32 Å². The van der Waals surface area contributed by atoms with Crippen molar-refractivity contribution in [2.24, 2.45) is 11.8 Å². The van der Waals surface area contributed by atoms with Crippen LogP contribution in [0.5, 0.6) is 0 Å². The van der Waals surface area contributed by atoms with Gasteiger partial charge in [0.2, 0.25) is 5.91 Å². The van der Waals surface area contributed by atoms with Gasteiger partial charge in [-0.15, -0.1) is 11.3 Å². The number of nitrogens with one attached hydrogen (secondary N) is 1. The van der Waals surface area contributed by atoms with Gasteiger partial charge in [-0.25, -0.2) is 4.98 Å². The fourth-order valence-electron chi connectivity index (χ4n) is 3.13. The second kappa shape index (κ2) is 7.38. The number of halogens is 1. The van der Waals surface area contributed by atoms with Crippen molar-refractivity contribution in [1.82, 2.24) is 4.98 Å². The second-order valence-corrected chi connectivity index (χ2v) is 8.57. The lowest BCUT2D eigenvalue weighted by atomic mass is 9.73. The molecule has 1 aliphatic rings. The van der Waals surface area contributed by atoms with Gasteiger partial charge in [-0.05, 0) is 43.4 Å². The number of anilines is 1. The Morgan fingerprint density at radius 3 is 2.68 bits per heavy atom. The van der Waals surface area contributed by atoms with E-state index in [9.17, 15) is 9.59 Å². The molecule has 1 aromatic carbocycles. The quantitative estimate of drug-likeness (QED) is 0.683. The molecule has 1 fully saturated rings. The van der Waals surface area contributed by atoms with Crippen molar-refractivity contribution in [3.63, 3.8) is 0 Å². The molecule has 0 aliphatic heterocycles. The van der Waals surface area contributed by atoms with Crippen molar-refractivity contribution >= 4 is 44.6 Å². The van der Waals surface area contributed by atoms with E-state index in [0.29, 0.717) is 16.7 Å². The summed E-state index contributed by atoms with van der Waals surface area (Å²) in [5.41, 5.74) is 0.702. The average molecular weight is 421 g/mol. The Hall–Kier alpha value is -1.53. The van der Waals surface area contributed by atoms with Crippen molar-refractivity contribution < 1.29 is 9.59 Å². The van der Waals surface area contributed by atoms with E-state index in [1.165, 1.54) is 11.3 Å². The number of nitrogens with zero attached hydrogens (tertiary/aromatic N) is 1. The molecule has 0 saturated heterocycles. The van der Waals surface area contributed by atoms with Gasteiger partial charge in [0.15, 0.2) is 5.13 Å². The van der Waals surface area contributed by atoms with Crippen molar-refractivity contribution in [2.45, 2.75) is 38.5 Å². The Morgan fingerprint density at radius 2 is 2.08 bits per heavy atom. The summed E-state index contributed by atoms with van der Waals surface area (Å²) in [7, 11) is 0. The normalized spacial score (nSPS) is 21.9. The molecule has 4 nitrogen and oxygen atoms in total. The maximum Gasteiger partial charge on any atom is 0.229 e. The molecule has 1 N–H and O–H groups in total. The minimum absolute atomic E-state index is 0.0436. The van der Waals surface area contributed by atoms with Gasteiger partial charge in [-0.3, -0.25) is 4.79 Å². The third kappa shape index (κ3) is 3.70. The second-order valence-electron chi connectivity index (χ2n) is 6.80. The maximum absolute atomic E-state index is 12.3. The lowest BCUT2D eigenvalue weighted by Crippen LogP contribution is -2.34. The first-order chi connectivity index (χ1) is 12.0. The summed E-state index contributed by atoms with van der Waals surface area (Å²) in [6.07, 6.45) is 3.97. The molecular weight excluding hydrogens is 400 g/mol. The third-order valence-corrected chi connectivity index (χ3v) is 6.42. The summed E-state index contributed by atoms with van der Waals surface area (Å²) in [5.74, 6) is 0.821. The van der Waals surface area contributed by atoms with Crippen LogP contribution >= 0.6 is 27.3 Å². The standard InChI is InChI=1S/C19H21BrN2O2S/c1-3-12-8-13(9-12)17(24)22-18-21-16(10-25-18)19(2,11-23)14-4-6-15(20)7-5-14/h4-7,10-13H,3,8-9H2,1-2H3,(H,21,22,24)/t12-,13-,19?. The number of amides is 1. The van der Waals surface area contributed by atoms with E-state index >= 15 is 0 Å². The van der Waals surface area contributed by atoms with E-state index < -0.39 is 5.41 Å². The van der Waals surface area contributed by atoms with Gasteiger partial charge in [0.05, 0.1) is 11.1 Å². The predicted molar refractivity (Wildman–Crippen MR) is 104 cm³/mol. The topological polar surface area (TPSA) is 59.1 Å². The summed E-state index contributed by atoms with van der Waals surface area (Å²) in [6.45, 7) is 4.01. The Bertz CT molecular complexity index is 768. The van der Waals surface area contributed by atoms with Gasteiger partial charge in [0, 0.05) is 15.8 Å². The molecule has 25 heavy (non-hydrogen) atoms. The van der Waals surface area contributed by atoms with Crippen LogP contribution in [-0.2, 0) is 15.0 Å². The largest absolute Gasteiger partial charge is 0.302 e. The Labute approximate surface area is 160 Å². The molecule has 1 atom stereocenters. The highest BCUT2D eigenvalue weighted by Crippen LogP contribution is 2.37. The minimum Gasteiger partial charge on any atom is -0.302 e. The zero-order valence-corrected chi connectivity index (χ0v) is 16.7. The summed E-state index contributed by atoms with van der Waals surface area (Å²) < 4.78 is 0.960. The van der Waals surface area contributed by atoms with Crippen molar-refractivity contribution in [3.8, 4) is 0 Å². The van der Waals surface area contributed by atoms with Crippen LogP contribution in [0.15, 0.2) is 34.1 Å². The molecule has 3 rings (SSSR count). The number of aromatic nitrogens is 1. The molecule has 1 saturated carbocycles. The molecule has 132 valence electrons. The number of rotatable bonds is 6. The van der Waals surface area contributed by atoms with Gasteiger partial charge < -0.3 is 10.1 Å². The van der Waals surface area contributed by atoms with E-state index in [1.807, 2.05) is 36.6 Å². The van der Waals surface area contributed by atoms with E-state index in [-0.39, 0.29) is 11.8 Å². The first-order valence-electron chi connectivity index (χ1n) is 8.45. The maximum atomic E-state index is 12.3. The van der Waals surface area contributed by atoms with Crippen LogP contribution in [0.3, 0.4) is 0 Å². The number of hydrogen-bond donors (Lipinski definition) is 1. The van der Waals surface area contributed by atoms with Gasteiger partial charge in [0.1, 0.15) is 6.29 Å². The molecule has 0 bridgehead atoms. The fourth-order valence-corrected chi connectivity index (χ4v) is 4.23. The lowest BCUT2D eigenvalue weighted by molar-refractivity contribution is -0.123. The molecular formula is C19H21BrN2O2S. The average Bonchev–Trinajstić information content (AvgIpc) is 3.03. The fraction of sp³-hybridized carbons (Fsp3) is 0.421. The summed E-state index contributed by atoms with van der Waals surface area (Å²) >= 11 is 4.77. The van der Waals surface area contributed by atoms with Crippen molar-refractivity contribution in [3.05, 3.63) is 45.4 Å². The molecule has 1 aromatic heterocycles. The molecule has 1 aliphatic carbocycles. The summed E-state index contributed by atoms with van der Waals surface area (Å²) in [4.78, 5) is 28.6. The van der Waals surface area contributed by atoms with Crippen LogP contribution in [-0.4, -0.2) is 17.2 Å². The summed E-state index contributed by atoms with van der Waals surface area (Å²) in [5, 5.41) is 5.32. The van der Waals surface area contributed by atoms with E-state index in [2.05, 4.69) is 33.2 Å². The summed E-state index contributed by atoms with van der Waals surface area (Å²) in [6, 6.07) is 7.64. The SMILES string of the molecule is CC[C@H]1C[C@H](C(=O)Nc2nc(C(C)(C=O)c3ccc(Br)cc3)cs2)C1. The number of thiazole rings is 1. The molecule has 2 aromatic rings. The Morgan fingerprint density at radius 1 is 1.40 bits per heavy atom. The van der Waals surface area contributed by atoms with E-state index in [0.717, 1.165) is 35.6 Å². The highest BCUT2D eigenvalue weighted by molar-refractivity contribution is 9.10. The third-order valence-electron chi connectivity index (χ3n) is 5.13. The number of carbonyl (C=O) groups excluding carboxylic acids is 2. The number of benzene rings is 1. The Balaban J connectivity index is 1.74. The van der Waals surface area contributed by atoms with Crippen molar-refractivity contribution in [1.29, 1.82) is 0 Å². The molecule has 6 heteroatoms. The molecule has 0 radical (unpaired) electrons.